The zero-order chi connectivity index (χ0) is 40.1. The van der Waals surface area contributed by atoms with Gasteiger partial charge in [-0.05, 0) is 87.0 Å². The quantitative estimate of drug-likeness (QED) is 0.0576. The number of nitrogens with zero attached hydrogens (tertiary/aromatic N) is 1. The van der Waals surface area contributed by atoms with Crippen molar-refractivity contribution in [3.63, 3.8) is 0 Å². The molecule has 15 nitrogen and oxygen atoms in total. The molecule has 1 aliphatic rings. The molecule has 3 aromatic rings. The van der Waals surface area contributed by atoms with E-state index in [0.717, 1.165) is 16.3 Å². The second kappa shape index (κ2) is 19.6. The van der Waals surface area contributed by atoms with Crippen molar-refractivity contribution >= 4 is 46.3 Å². The monoisotopic (exact) mass is 758 g/mol. The third-order valence-corrected chi connectivity index (χ3v) is 9.26. The Morgan fingerprint density at radius 2 is 1.47 bits per heavy atom. The molecule has 0 bridgehead atoms. The largest absolute Gasteiger partial charge is 0.508 e. The van der Waals surface area contributed by atoms with Crippen molar-refractivity contribution in [1.82, 2.24) is 31.5 Å². The van der Waals surface area contributed by atoms with E-state index >= 15 is 0 Å². The highest BCUT2D eigenvalue weighted by Crippen LogP contribution is 2.19. The number of cyclic esters (lactones) is 1. The average molecular weight is 759 g/mol. The average Bonchev–Trinajstić information content (AvgIpc) is 3.13. The maximum atomic E-state index is 14.2. The molecule has 9 N–H and O–H groups in total. The van der Waals surface area contributed by atoms with E-state index in [0.29, 0.717) is 24.9 Å². The first-order valence-electron chi connectivity index (χ1n) is 18.5. The highest BCUT2D eigenvalue weighted by atomic mass is 16.5. The van der Waals surface area contributed by atoms with Gasteiger partial charge in [-0.1, -0.05) is 54.6 Å². The summed E-state index contributed by atoms with van der Waals surface area (Å²) in [5, 5.41) is 33.6. The smallest absolute Gasteiger partial charge is 0.329 e. The van der Waals surface area contributed by atoms with Crippen molar-refractivity contribution in [2.45, 2.75) is 89.0 Å². The van der Waals surface area contributed by atoms with Crippen LogP contribution in [0, 0.1) is 5.41 Å². The number of phenolic OH excluding ortho intramolecular Hbond substituents is 1. The fourth-order valence-electron chi connectivity index (χ4n) is 6.33. The van der Waals surface area contributed by atoms with Gasteiger partial charge in [-0.15, -0.1) is 0 Å². The Hall–Kier alpha value is -5.70. The topological polar surface area (TPSA) is 228 Å². The van der Waals surface area contributed by atoms with Crippen LogP contribution < -0.4 is 32.3 Å². The van der Waals surface area contributed by atoms with Gasteiger partial charge in [-0.2, -0.15) is 0 Å². The normalized spacial score (nSPS) is 20.4. The summed E-state index contributed by atoms with van der Waals surface area (Å²) < 4.78 is 5.46. The van der Waals surface area contributed by atoms with E-state index < -0.39 is 60.4 Å². The van der Waals surface area contributed by atoms with Crippen LogP contribution in [0.4, 0.5) is 0 Å². The van der Waals surface area contributed by atoms with Crippen molar-refractivity contribution < 1.29 is 33.8 Å². The highest BCUT2D eigenvalue weighted by Gasteiger charge is 2.36. The maximum absolute atomic E-state index is 14.2. The van der Waals surface area contributed by atoms with Crippen LogP contribution in [0.15, 0.2) is 66.7 Å². The molecule has 1 aliphatic heterocycles. The van der Waals surface area contributed by atoms with Crippen molar-refractivity contribution in [2.75, 3.05) is 26.7 Å². The second-order valence-corrected chi connectivity index (χ2v) is 14.9. The maximum Gasteiger partial charge on any atom is 0.329 e. The molecule has 3 aromatic carbocycles. The molecule has 1 heterocycles. The van der Waals surface area contributed by atoms with E-state index in [4.69, 9.17) is 15.9 Å². The fourth-order valence-corrected chi connectivity index (χ4v) is 6.33. The Bertz CT molecular complexity index is 1830. The van der Waals surface area contributed by atoms with Gasteiger partial charge in [0.1, 0.15) is 29.9 Å². The molecule has 296 valence electrons. The molecule has 4 atom stereocenters. The number of ether oxygens (including phenoxy) is 1. The molecule has 1 saturated heterocycles. The zero-order valence-electron chi connectivity index (χ0n) is 31.9. The predicted octanol–water partition coefficient (Wildman–Crippen LogP) is 1.60. The minimum absolute atomic E-state index is 0.0134. The Morgan fingerprint density at radius 3 is 2.16 bits per heavy atom. The van der Waals surface area contributed by atoms with Gasteiger partial charge in [-0.3, -0.25) is 24.6 Å². The van der Waals surface area contributed by atoms with Gasteiger partial charge in [-0.25, -0.2) is 4.79 Å². The molecular formula is C40H54N8O7. The standard InChI is InChI=1S/C40H54N8O7/c1-40(2,3)44-20-8-12-33-36(52)46-30(11-7-19-43-39(41)42)35(51)47-32(23-26-13-16-27-9-5-6-10-28(27)21-26)38(54)55-24-34(50)45-31(37(53)48(33)4)22-25-14-17-29(49)18-15-25/h5-6,9-10,13-18,21,30-33,44,49H,7-8,11-12,19-20,22-24H2,1-4H3,(H,45,50)(H,46,52)(H,47,51)(H4,41,42,43)/t30-,31+,32-,33+/m0/s1. The van der Waals surface area contributed by atoms with E-state index in [-0.39, 0.29) is 49.5 Å². The number of benzene rings is 3. The molecule has 0 radical (unpaired) electrons. The van der Waals surface area contributed by atoms with Crippen LogP contribution in [0.3, 0.4) is 0 Å². The second-order valence-electron chi connectivity index (χ2n) is 14.9. The highest BCUT2D eigenvalue weighted by molar-refractivity contribution is 5.96. The molecule has 55 heavy (non-hydrogen) atoms. The molecule has 0 aliphatic carbocycles. The minimum Gasteiger partial charge on any atom is -0.508 e. The Labute approximate surface area is 321 Å². The summed E-state index contributed by atoms with van der Waals surface area (Å²) in [5.41, 5.74) is 6.61. The van der Waals surface area contributed by atoms with E-state index in [2.05, 4.69) is 26.6 Å². The van der Waals surface area contributed by atoms with Gasteiger partial charge in [0.15, 0.2) is 12.6 Å². The van der Waals surface area contributed by atoms with Crippen LogP contribution in [0.2, 0.25) is 0 Å². The third kappa shape index (κ3) is 13.3. The number of hydrogen-bond donors (Lipinski definition) is 8. The lowest BCUT2D eigenvalue weighted by molar-refractivity contribution is -0.152. The predicted molar refractivity (Wildman–Crippen MR) is 209 cm³/mol. The molecule has 0 spiro atoms. The lowest BCUT2D eigenvalue weighted by Crippen LogP contribution is -2.58. The van der Waals surface area contributed by atoms with Crippen LogP contribution in [0.1, 0.15) is 57.6 Å². The number of nitrogens with two attached hydrogens (primary N) is 1. The van der Waals surface area contributed by atoms with E-state index in [1.165, 1.54) is 24.1 Å². The van der Waals surface area contributed by atoms with Crippen molar-refractivity contribution in [3.8, 4) is 5.75 Å². The molecule has 0 saturated carbocycles. The first kappa shape index (κ1) is 42.0. The number of hydrogen-bond acceptors (Lipinski definition) is 9. The molecule has 1 fully saturated rings. The van der Waals surface area contributed by atoms with Crippen LogP contribution in [-0.2, 0) is 41.6 Å². The molecule has 0 aromatic heterocycles. The van der Waals surface area contributed by atoms with E-state index in [9.17, 15) is 29.1 Å². The van der Waals surface area contributed by atoms with Gasteiger partial charge in [0.05, 0.1) is 0 Å². The lowest BCUT2D eigenvalue weighted by Gasteiger charge is -2.32. The zero-order valence-corrected chi connectivity index (χ0v) is 31.9. The molecule has 4 rings (SSSR count). The number of esters is 1. The summed E-state index contributed by atoms with van der Waals surface area (Å²) in [4.78, 5) is 70.8. The molecule has 0 unspecified atom stereocenters. The number of aromatic hydroxyl groups is 1. The molecule has 15 heteroatoms. The number of guanidine groups is 1. The summed E-state index contributed by atoms with van der Waals surface area (Å²) in [6.07, 6.45) is 1.19. The van der Waals surface area contributed by atoms with E-state index in [1.54, 1.807) is 12.1 Å². The third-order valence-electron chi connectivity index (χ3n) is 9.26. The van der Waals surface area contributed by atoms with Crippen molar-refractivity contribution in [3.05, 3.63) is 77.9 Å². The van der Waals surface area contributed by atoms with Gasteiger partial charge in [0.25, 0.3) is 5.91 Å². The number of amides is 4. The Morgan fingerprint density at radius 1 is 0.836 bits per heavy atom. The molecule has 4 amide bonds. The number of likely N-dealkylation sites (N-methyl/N-ethyl adjacent to an activating group) is 1. The molecular weight excluding hydrogens is 704 g/mol. The number of carbonyl (C=O) groups excluding carboxylic acids is 5. The number of fused-ring (bicyclic) bond motifs is 1. The van der Waals surface area contributed by atoms with Gasteiger partial charge in [0.2, 0.25) is 17.7 Å². The van der Waals surface area contributed by atoms with Gasteiger partial charge >= 0.3 is 5.97 Å². The van der Waals surface area contributed by atoms with Gasteiger partial charge in [0, 0.05) is 32.0 Å². The summed E-state index contributed by atoms with van der Waals surface area (Å²) in [5.74, 6) is -3.68. The van der Waals surface area contributed by atoms with Crippen LogP contribution in [0.25, 0.3) is 10.8 Å². The first-order chi connectivity index (χ1) is 26.1. The number of rotatable bonds is 12. The van der Waals surface area contributed by atoms with Crippen molar-refractivity contribution in [2.24, 2.45) is 5.73 Å². The van der Waals surface area contributed by atoms with Crippen LogP contribution in [-0.4, -0.2) is 102 Å². The fraction of sp³-hybridized carbons (Fsp3) is 0.450. The number of phenols is 1. The summed E-state index contributed by atoms with van der Waals surface area (Å²) in [6.45, 7) is 6.10. The van der Waals surface area contributed by atoms with Crippen LogP contribution in [0.5, 0.6) is 5.75 Å². The Kier molecular flexibility index (Phi) is 15.0. The Balaban J connectivity index is 1.70. The summed E-state index contributed by atoms with van der Waals surface area (Å²) >= 11 is 0. The summed E-state index contributed by atoms with van der Waals surface area (Å²) in [6, 6.07) is 14.9. The SMILES string of the molecule is CN1C(=O)[C@@H](Cc2ccc(O)cc2)NC(=O)COC(=O)[C@H](Cc2ccc3ccccc3c2)NC(=O)[C@H](CCCNC(=N)N)NC(=O)[C@H]1CCCNC(C)(C)C. The van der Waals surface area contributed by atoms with Gasteiger partial charge < -0.3 is 47.1 Å². The summed E-state index contributed by atoms with van der Waals surface area (Å²) in [7, 11) is 1.48. The number of carbonyl (C=O) groups is 5. The van der Waals surface area contributed by atoms with E-state index in [1.807, 2.05) is 63.2 Å². The van der Waals surface area contributed by atoms with Crippen LogP contribution >= 0.6 is 0 Å². The van der Waals surface area contributed by atoms with Crippen molar-refractivity contribution in [1.29, 1.82) is 5.41 Å². The first-order valence-corrected chi connectivity index (χ1v) is 18.5. The minimum atomic E-state index is -1.24. The number of nitrogens with one attached hydrogen (secondary N) is 6. The lowest BCUT2D eigenvalue weighted by atomic mass is 10.0.